The maximum absolute atomic E-state index is 6.24. The highest BCUT2D eigenvalue weighted by Gasteiger charge is 2.08. The number of hydrogen-bond donors (Lipinski definition) is 3. The summed E-state index contributed by atoms with van der Waals surface area (Å²) in [6.07, 6.45) is 3.59. The molecule has 1 aromatic heterocycles. The van der Waals surface area contributed by atoms with E-state index in [9.17, 15) is 0 Å². The Morgan fingerprint density at radius 3 is 2.50 bits per heavy atom. The molecule has 0 saturated carbocycles. The first-order valence-corrected chi connectivity index (χ1v) is 10.0. The van der Waals surface area contributed by atoms with E-state index in [0.717, 1.165) is 26.3 Å². The molecule has 0 aliphatic carbocycles. The molecule has 2 aromatic carbocycles. The Labute approximate surface area is 174 Å². The number of halogens is 3. The smallest absolute Gasteiger partial charge is 0.0614 e. The van der Waals surface area contributed by atoms with Crippen LogP contribution in [0.5, 0.6) is 0 Å². The van der Waals surface area contributed by atoms with Crippen LogP contribution >= 0.6 is 51.1 Å². The molecule has 0 aliphatic heterocycles. The van der Waals surface area contributed by atoms with Crippen molar-refractivity contribution in [2.45, 2.75) is 11.4 Å². The topological polar surface area (TPSA) is 49.0 Å². The van der Waals surface area contributed by atoms with Gasteiger partial charge in [0.1, 0.15) is 0 Å². The minimum Gasteiger partial charge on any atom is -0.326 e. The summed E-state index contributed by atoms with van der Waals surface area (Å²) in [5.74, 6) is 0. The van der Waals surface area contributed by atoms with Crippen LogP contribution in [0.1, 0.15) is 5.56 Å². The second kappa shape index (κ2) is 9.48. The molecule has 0 saturated heterocycles. The van der Waals surface area contributed by atoms with E-state index in [0.29, 0.717) is 16.6 Å². The summed E-state index contributed by atoms with van der Waals surface area (Å²) in [6, 6.07) is 15.4. The number of hydrazine groups is 1. The van der Waals surface area contributed by atoms with Gasteiger partial charge in [-0.2, -0.15) is 0 Å². The van der Waals surface area contributed by atoms with Gasteiger partial charge in [0.15, 0.2) is 0 Å². The van der Waals surface area contributed by atoms with Crippen LogP contribution in [0.15, 0.2) is 70.3 Å². The van der Waals surface area contributed by atoms with Crippen LogP contribution in [0.2, 0.25) is 10.0 Å². The number of benzene rings is 2. The predicted molar refractivity (Wildman–Crippen MR) is 115 cm³/mol. The van der Waals surface area contributed by atoms with Crippen molar-refractivity contribution >= 4 is 62.5 Å². The summed E-state index contributed by atoms with van der Waals surface area (Å²) in [6.45, 7) is 0.687. The number of nitrogens with one attached hydrogen (secondary N) is 3. The van der Waals surface area contributed by atoms with E-state index in [-0.39, 0.29) is 0 Å². The van der Waals surface area contributed by atoms with Crippen molar-refractivity contribution in [3.05, 3.63) is 81.0 Å². The summed E-state index contributed by atoms with van der Waals surface area (Å²) >= 11 is 17.1. The summed E-state index contributed by atoms with van der Waals surface area (Å²) < 4.78 is 4.13. The zero-order chi connectivity index (χ0) is 18.4. The van der Waals surface area contributed by atoms with Crippen LogP contribution in [-0.2, 0) is 6.54 Å². The minimum atomic E-state index is 0.597. The molecule has 3 N–H and O–H groups in total. The molecule has 0 aliphatic rings. The van der Waals surface area contributed by atoms with Gasteiger partial charge in [-0.15, -0.1) is 0 Å². The van der Waals surface area contributed by atoms with Crippen LogP contribution in [-0.4, -0.2) is 4.98 Å². The molecular formula is C18H15BrCl2N4S. The Balaban J connectivity index is 1.52. The molecule has 0 radical (unpaired) electrons. The van der Waals surface area contributed by atoms with Gasteiger partial charge in [0.2, 0.25) is 0 Å². The Hall–Kier alpha value is -1.44. The fraction of sp³-hybridized carbons (Fsp3) is 0.0556. The second-order valence-corrected chi connectivity index (χ2v) is 7.83. The van der Waals surface area contributed by atoms with E-state index in [1.54, 1.807) is 12.3 Å². The highest BCUT2D eigenvalue weighted by molar-refractivity contribution is 9.10. The van der Waals surface area contributed by atoms with Crippen molar-refractivity contribution in [2.24, 2.45) is 0 Å². The Morgan fingerprint density at radius 2 is 1.81 bits per heavy atom. The highest BCUT2D eigenvalue weighted by atomic mass is 79.9. The molecule has 0 bridgehead atoms. The number of pyridine rings is 1. The summed E-state index contributed by atoms with van der Waals surface area (Å²) in [7, 11) is 0. The Kier molecular flexibility index (Phi) is 7.05. The van der Waals surface area contributed by atoms with Crippen molar-refractivity contribution < 1.29 is 0 Å². The van der Waals surface area contributed by atoms with Gasteiger partial charge in [0, 0.05) is 39.8 Å². The van der Waals surface area contributed by atoms with Crippen LogP contribution in [0, 0.1) is 0 Å². The molecular weight excluding hydrogens is 455 g/mol. The van der Waals surface area contributed by atoms with Crippen LogP contribution in [0.4, 0.5) is 11.4 Å². The molecule has 26 heavy (non-hydrogen) atoms. The van der Waals surface area contributed by atoms with Crippen molar-refractivity contribution in [3.8, 4) is 0 Å². The van der Waals surface area contributed by atoms with Gasteiger partial charge >= 0.3 is 0 Å². The predicted octanol–water partition coefficient (Wildman–Crippen LogP) is 6.39. The Bertz CT molecular complexity index is 840. The summed E-state index contributed by atoms with van der Waals surface area (Å²) in [5, 5.41) is 1.19. The first-order chi connectivity index (χ1) is 12.6. The molecule has 0 spiro atoms. The van der Waals surface area contributed by atoms with E-state index in [4.69, 9.17) is 23.2 Å². The first kappa shape index (κ1) is 19.3. The molecule has 0 fully saturated rings. The van der Waals surface area contributed by atoms with E-state index in [1.165, 1.54) is 11.9 Å². The largest absolute Gasteiger partial charge is 0.326 e. The zero-order valence-corrected chi connectivity index (χ0v) is 17.4. The molecule has 0 atom stereocenters. The fourth-order valence-electron chi connectivity index (χ4n) is 2.11. The van der Waals surface area contributed by atoms with Crippen molar-refractivity contribution in [1.29, 1.82) is 0 Å². The third-order valence-corrected chi connectivity index (χ3v) is 5.86. The monoisotopic (exact) mass is 468 g/mol. The molecule has 3 rings (SSSR count). The molecule has 3 aromatic rings. The maximum atomic E-state index is 6.24. The average Bonchev–Trinajstić information content (AvgIpc) is 2.63. The van der Waals surface area contributed by atoms with Gasteiger partial charge in [-0.3, -0.25) is 4.98 Å². The fourth-order valence-corrected chi connectivity index (χ4v) is 4.34. The second-order valence-electron chi connectivity index (χ2n) is 5.32. The zero-order valence-electron chi connectivity index (χ0n) is 13.5. The molecule has 0 amide bonds. The third kappa shape index (κ3) is 5.53. The van der Waals surface area contributed by atoms with E-state index in [2.05, 4.69) is 36.5 Å². The maximum Gasteiger partial charge on any atom is 0.0614 e. The molecule has 8 heteroatoms. The standard InChI is InChI=1S/C18H15BrCl2N4S/c19-16-8-13(20)9-17(21)18(16)26-25-15-5-3-14(4-6-15)24-23-11-12-2-1-7-22-10-12/h1-10,23-25H,11H2. The number of nitrogens with zero attached hydrogens (tertiary/aromatic N) is 1. The van der Waals surface area contributed by atoms with Gasteiger partial charge in [-0.1, -0.05) is 29.3 Å². The van der Waals surface area contributed by atoms with Crippen molar-refractivity contribution in [2.75, 3.05) is 10.1 Å². The lowest BCUT2D eigenvalue weighted by molar-refractivity contribution is 0.797. The molecule has 0 unspecified atom stereocenters. The van der Waals surface area contributed by atoms with Gasteiger partial charge in [0.25, 0.3) is 0 Å². The first-order valence-electron chi connectivity index (χ1n) is 7.67. The SMILES string of the molecule is Clc1cc(Cl)c(SNc2ccc(NNCc3cccnc3)cc2)c(Br)c1. The molecule has 1 heterocycles. The number of anilines is 2. The highest BCUT2D eigenvalue weighted by Crippen LogP contribution is 2.37. The van der Waals surface area contributed by atoms with Crippen molar-refractivity contribution in [1.82, 2.24) is 10.4 Å². The summed E-state index contributed by atoms with van der Waals surface area (Å²) in [4.78, 5) is 4.97. The van der Waals surface area contributed by atoms with Gasteiger partial charge in [-0.05, 0) is 75.9 Å². The minimum absolute atomic E-state index is 0.597. The van der Waals surface area contributed by atoms with Gasteiger partial charge < -0.3 is 10.1 Å². The molecule has 134 valence electrons. The number of hydrogen-bond acceptors (Lipinski definition) is 5. The van der Waals surface area contributed by atoms with Crippen LogP contribution in [0.25, 0.3) is 0 Å². The average molecular weight is 470 g/mol. The van der Waals surface area contributed by atoms with E-state index in [1.807, 2.05) is 48.7 Å². The number of rotatable bonds is 7. The van der Waals surface area contributed by atoms with Gasteiger partial charge in [0.05, 0.1) is 9.92 Å². The molecule has 4 nitrogen and oxygen atoms in total. The lowest BCUT2D eigenvalue weighted by Gasteiger charge is -2.11. The normalized spacial score (nSPS) is 10.6. The van der Waals surface area contributed by atoms with Crippen LogP contribution < -0.4 is 15.6 Å². The van der Waals surface area contributed by atoms with E-state index >= 15 is 0 Å². The lowest BCUT2D eigenvalue weighted by atomic mass is 10.3. The van der Waals surface area contributed by atoms with Gasteiger partial charge in [-0.25, -0.2) is 5.43 Å². The Morgan fingerprint density at radius 1 is 1.04 bits per heavy atom. The third-order valence-electron chi connectivity index (χ3n) is 3.37. The quantitative estimate of drug-likeness (QED) is 0.276. The lowest BCUT2D eigenvalue weighted by Crippen LogP contribution is -2.20. The summed E-state index contributed by atoms with van der Waals surface area (Å²) in [5.41, 5.74) is 9.37. The van der Waals surface area contributed by atoms with E-state index < -0.39 is 0 Å². The number of aromatic nitrogens is 1. The van der Waals surface area contributed by atoms with Crippen molar-refractivity contribution in [3.63, 3.8) is 0 Å². The van der Waals surface area contributed by atoms with Crippen LogP contribution in [0.3, 0.4) is 0 Å².